The number of carbonyl (C=O) groups excluding carboxylic acids is 1. The Hall–Kier alpha value is -3.01. The third-order valence-corrected chi connectivity index (χ3v) is 3.85. The van der Waals surface area contributed by atoms with Crippen LogP contribution in [0, 0.1) is 6.92 Å². The van der Waals surface area contributed by atoms with Crippen LogP contribution in [0.2, 0.25) is 0 Å². The lowest BCUT2D eigenvalue weighted by Crippen LogP contribution is -2.30. The van der Waals surface area contributed by atoms with Gasteiger partial charge in [-0.3, -0.25) is 14.8 Å². The van der Waals surface area contributed by atoms with Crippen molar-refractivity contribution in [2.75, 3.05) is 0 Å². The molecule has 0 aliphatic rings. The third-order valence-electron chi connectivity index (χ3n) is 3.85. The molecular weight excluding hydrogens is 298 g/mol. The summed E-state index contributed by atoms with van der Waals surface area (Å²) in [5.74, 6) is -0.125. The summed E-state index contributed by atoms with van der Waals surface area (Å²) in [6, 6.07) is 17.3. The molecule has 0 aliphatic carbocycles. The van der Waals surface area contributed by atoms with Crippen molar-refractivity contribution >= 4 is 5.91 Å². The minimum atomic E-state index is -0.186. The topological polar surface area (TPSA) is 54.9 Å². The summed E-state index contributed by atoms with van der Waals surface area (Å²) >= 11 is 0. The summed E-state index contributed by atoms with van der Waals surface area (Å²) in [7, 11) is 0. The molecule has 0 saturated carbocycles. The number of nitrogens with zero attached hydrogens (tertiary/aromatic N) is 2. The van der Waals surface area contributed by atoms with Crippen LogP contribution in [0.3, 0.4) is 0 Å². The highest BCUT2D eigenvalue weighted by molar-refractivity contribution is 5.94. The van der Waals surface area contributed by atoms with Gasteiger partial charge in [-0.2, -0.15) is 0 Å². The third kappa shape index (κ3) is 4.04. The fraction of sp³-hybridized carbons (Fsp3) is 0.150. The molecule has 0 unspecified atom stereocenters. The van der Waals surface area contributed by atoms with Crippen molar-refractivity contribution in [3.8, 4) is 0 Å². The fourth-order valence-electron chi connectivity index (χ4n) is 2.52. The number of carbonyl (C=O) groups is 1. The Morgan fingerprint density at radius 2 is 1.75 bits per heavy atom. The second kappa shape index (κ2) is 7.51. The highest BCUT2D eigenvalue weighted by Gasteiger charge is 2.17. The molecule has 0 bridgehead atoms. The van der Waals surface area contributed by atoms with E-state index in [0.29, 0.717) is 12.0 Å². The number of amides is 1. The van der Waals surface area contributed by atoms with Crippen molar-refractivity contribution in [2.24, 2.45) is 0 Å². The standard InChI is InChI=1S/C20H19N3O/c1-15-5-7-16(8-6-15)14-19(18-4-2-3-11-22-18)23-20(24)17-9-12-21-13-10-17/h2-13,19H,14H2,1H3,(H,23,24)/t19-/m1/s1. The number of pyridine rings is 2. The van der Waals surface area contributed by atoms with Gasteiger partial charge in [0, 0.05) is 24.2 Å². The van der Waals surface area contributed by atoms with Crippen LogP contribution >= 0.6 is 0 Å². The maximum absolute atomic E-state index is 12.5. The Balaban J connectivity index is 1.82. The zero-order valence-corrected chi connectivity index (χ0v) is 13.5. The predicted molar refractivity (Wildman–Crippen MR) is 93.6 cm³/mol. The maximum atomic E-state index is 12.5. The summed E-state index contributed by atoms with van der Waals surface area (Å²) in [5, 5.41) is 3.08. The SMILES string of the molecule is Cc1ccc(C[C@@H](NC(=O)c2ccncc2)c2ccccn2)cc1. The van der Waals surface area contributed by atoms with Crippen LogP contribution in [-0.2, 0) is 6.42 Å². The second-order valence-electron chi connectivity index (χ2n) is 5.71. The zero-order valence-electron chi connectivity index (χ0n) is 13.5. The molecule has 4 nitrogen and oxygen atoms in total. The van der Waals surface area contributed by atoms with Crippen LogP contribution in [0.25, 0.3) is 0 Å². The maximum Gasteiger partial charge on any atom is 0.251 e. The monoisotopic (exact) mass is 317 g/mol. The lowest BCUT2D eigenvalue weighted by molar-refractivity contribution is 0.0935. The van der Waals surface area contributed by atoms with Crippen LogP contribution in [0.5, 0.6) is 0 Å². The Morgan fingerprint density at radius 3 is 2.42 bits per heavy atom. The van der Waals surface area contributed by atoms with Crippen LogP contribution < -0.4 is 5.32 Å². The summed E-state index contributed by atoms with van der Waals surface area (Å²) in [6.07, 6.45) is 5.67. The van der Waals surface area contributed by atoms with Crippen molar-refractivity contribution in [1.82, 2.24) is 15.3 Å². The average Bonchev–Trinajstić information content (AvgIpc) is 2.64. The van der Waals surface area contributed by atoms with Gasteiger partial charge in [-0.05, 0) is 43.2 Å². The lowest BCUT2D eigenvalue weighted by Gasteiger charge is -2.18. The molecule has 24 heavy (non-hydrogen) atoms. The molecule has 3 aromatic rings. The van der Waals surface area contributed by atoms with Crippen molar-refractivity contribution in [3.05, 3.63) is 95.6 Å². The molecule has 3 rings (SSSR count). The molecule has 0 saturated heterocycles. The van der Waals surface area contributed by atoms with E-state index in [0.717, 1.165) is 11.3 Å². The van der Waals surface area contributed by atoms with Gasteiger partial charge in [0.2, 0.25) is 0 Å². The highest BCUT2D eigenvalue weighted by Crippen LogP contribution is 2.18. The number of hydrogen-bond donors (Lipinski definition) is 1. The Morgan fingerprint density at radius 1 is 1.00 bits per heavy atom. The van der Waals surface area contributed by atoms with Crippen LogP contribution in [0.1, 0.15) is 33.2 Å². The first kappa shape index (κ1) is 15.9. The first-order valence-electron chi connectivity index (χ1n) is 7.90. The molecule has 1 atom stereocenters. The van der Waals surface area contributed by atoms with E-state index in [1.165, 1.54) is 5.56 Å². The molecule has 0 fully saturated rings. The molecular formula is C20H19N3O. The van der Waals surface area contributed by atoms with E-state index < -0.39 is 0 Å². The van der Waals surface area contributed by atoms with Crippen molar-refractivity contribution in [2.45, 2.75) is 19.4 Å². The molecule has 1 amide bonds. The quantitative estimate of drug-likeness (QED) is 0.783. The largest absolute Gasteiger partial charge is 0.343 e. The van der Waals surface area contributed by atoms with E-state index in [1.807, 2.05) is 18.2 Å². The van der Waals surface area contributed by atoms with Crippen LogP contribution in [-0.4, -0.2) is 15.9 Å². The predicted octanol–water partition coefficient (Wildman–Crippen LogP) is 3.50. The number of aryl methyl sites for hydroxylation is 1. The van der Waals surface area contributed by atoms with Gasteiger partial charge in [0.15, 0.2) is 0 Å². The molecule has 4 heteroatoms. The Labute approximate surface area is 141 Å². The van der Waals surface area contributed by atoms with Gasteiger partial charge >= 0.3 is 0 Å². The van der Waals surface area contributed by atoms with E-state index in [4.69, 9.17) is 0 Å². The van der Waals surface area contributed by atoms with Gasteiger partial charge in [0.25, 0.3) is 5.91 Å². The average molecular weight is 317 g/mol. The Bertz CT molecular complexity index is 786. The second-order valence-corrected chi connectivity index (χ2v) is 5.71. The normalized spacial score (nSPS) is 11.7. The lowest BCUT2D eigenvalue weighted by atomic mass is 10.0. The van der Waals surface area contributed by atoms with Crippen molar-refractivity contribution in [3.63, 3.8) is 0 Å². The number of rotatable bonds is 5. The molecule has 0 radical (unpaired) electrons. The van der Waals surface area contributed by atoms with Gasteiger partial charge < -0.3 is 5.32 Å². The fourth-order valence-corrected chi connectivity index (χ4v) is 2.52. The number of hydrogen-bond acceptors (Lipinski definition) is 3. The van der Waals surface area contributed by atoms with E-state index in [1.54, 1.807) is 30.7 Å². The molecule has 0 spiro atoms. The molecule has 2 aromatic heterocycles. The summed E-state index contributed by atoms with van der Waals surface area (Å²) < 4.78 is 0. The van der Waals surface area contributed by atoms with Gasteiger partial charge in [-0.15, -0.1) is 0 Å². The van der Waals surface area contributed by atoms with E-state index >= 15 is 0 Å². The zero-order chi connectivity index (χ0) is 16.8. The smallest absolute Gasteiger partial charge is 0.251 e. The van der Waals surface area contributed by atoms with Gasteiger partial charge in [0.1, 0.15) is 0 Å². The highest BCUT2D eigenvalue weighted by atomic mass is 16.1. The first-order chi connectivity index (χ1) is 11.7. The van der Waals surface area contributed by atoms with Crippen molar-refractivity contribution < 1.29 is 4.79 Å². The first-order valence-corrected chi connectivity index (χ1v) is 7.90. The van der Waals surface area contributed by atoms with Crippen molar-refractivity contribution in [1.29, 1.82) is 0 Å². The summed E-state index contributed by atoms with van der Waals surface area (Å²) in [5.41, 5.74) is 3.82. The van der Waals surface area contributed by atoms with Gasteiger partial charge in [-0.1, -0.05) is 35.9 Å². The number of nitrogens with one attached hydrogen (secondary N) is 1. The van der Waals surface area contributed by atoms with E-state index in [2.05, 4.69) is 46.5 Å². The van der Waals surface area contributed by atoms with Gasteiger partial charge in [0.05, 0.1) is 11.7 Å². The number of aromatic nitrogens is 2. The van der Waals surface area contributed by atoms with E-state index in [9.17, 15) is 4.79 Å². The Kier molecular flexibility index (Phi) is 4.96. The molecule has 1 N–H and O–H groups in total. The minimum Gasteiger partial charge on any atom is -0.343 e. The minimum absolute atomic E-state index is 0.125. The van der Waals surface area contributed by atoms with Crippen LogP contribution in [0.15, 0.2) is 73.2 Å². The summed E-state index contributed by atoms with van der Waals surface area (Å²) in [6.45, 7) is 2.06. The summed E-state index contributed by atoms with van der Waals surface area (Å²) in [4.78, 5) is 20.9. The molecule has 0 aliphatic heterocycles. The van der Waals surface area contributed by atoms with Gasteiger partial charge in [-0.25, -0.2) is 0 Å². The number of benzene rings is 1. The molecule has 2 heterocycles. The molecule has 120 valence electrons. The van der Waals surface area contributed by atoms with Crippen LogP contribution in [0.4, 0.5) is 0 Å². The van der Waals surface area contributed by atoms with E-state index in [-0.39, 0.29) is 11.9 Å². The molecule has 1 aromatic carbocycles.